The molecule has 164 valence electrons. The number of amides is 1. The van der Waals surface area contributed by atoms with Gasteiger partial charge in [0.25, 0.3) is 5.69 Å². The van der Waals surface area contributed by atoms with Crippen molar-refractivity contribution in [1.82, 2.24) is 10.2 Å². The molecule has 2 aromatic rings. The molecule has 0 spiro atoms. The summed E-state index contributed by atoms with van der Waals surface area (Å²) in [6, 6.07) is 13.3. The highest BCUT2D eigenvalue weighted by molar-refractivity contribution is 5.78. The number of hydrogen-bond acceptors (Lipinski definition) is 5. The molecule has 0 saturated carbocycles. The number of carbonyl (C=O) groups excluding carboxylic acids is 1. The third-order valence-corrected chi connectivity index (χ3v) is 6.42. The van der Waals surface area contributed by atoms with Crippen molar-refractivity contribution in [2.45, 2.75) is 38.6 Å². The number of fused-ring (bicyclic) bond motifs is 1. The zero-order valence-electron chi connectivity index (χ0n) is 18.0. The molecule has 1 N–H and O–H groups in total. The van der Waals surface area contributed by atoms with E-state index in [1.54, 1.807) is 12.1 Å². The highest BCUT2D eigenvalue weighted by Crippen LogP contribution is 2.25. The van der Waals surface area contributed by atoms with Crippen molar-refractivity contribution in [1.29, 1.82) is 0 Å². The fraction of sp³-hybridized carbons (Fsp3) is 0.458. The molecule has 1 fully saturated rings. The number of hydrogen-bond donors (Lipinski definition) is 1. The maximum absolute atomic E-state index is 12.6. The van der Waals surface area contributed by atoms with E-state index in [0.29, 0.717) is 6.54 Å². The van der Waals surface area contributed by atoms with Gasteiger partial charge in [-0.25, -0.2) is 0 Å². The van der Waals surface area contributed by atoms with Crippen LogP contribution < -0.4 is 10.2 Å². The molecule has 0 unspecified atom stereocenters. The Balaban J connectivity index is 1.25. The van der Waals surface area contributed by atoms with Crippen LogP contribution >= 0.6 is 0 Å². The summed E-state index contributed by atoms with van der Waals surface area (Å²) in [5.74, 6) is 0.0500. The van der Waals surface area contributed by atoms with Gasteiger partial charge in [-0.2, -0.15) is 0 Å². The molecule has 1 aliphatic carbocycles. The van der Waals surface area contributed by atoms with E-state index in [2.05, 4.69) is 40.2 Å². The van der Waals surface area contributed by atoms with E-state index >= 15 is 0 Å². The van der Waals surface area contributed by atoms with Crippen molar-refractivity contribution < 1.29 is 9.72 Å². The van der Waals surface area contributed by atoms with Crippen LogP contribution in [-0.2, 0) is 17.6 Å². The van der Waals surface area contributed by atoms with E-state index in [9.17, 15) is 14.9 Å². The van der Waals surface area contributed by atoms with Crippen molar-refractivity contribution in [2.24, 2.45) is 0 Å². The monoisotopic (exact) mass is 422 g/mol. The molecule has 1 atom stereocenters. The Kier molecular flexibility index (Phi) is 6.51. The number of anilines is 1. The molecule has 1 heterocycles. The first-order chi connectivity index (χ1) is 15.0. The van der Waals surface area contributed by atoms with Gasteiger partial charge >= 0.3 is 0 Å². The average Bonchev–Trinajstić information content (AvgIpc) is 2.79. The van der Waals surface area contributed by atoms with Crippen molar-refractivity contribution in [3.63, 3.8) is 0 Å². The van der Waals surface area contributed by atoms with Gasteiger partial charge in [0.1, 0.15) is 0 Å². The van der Waals surface area contributed by atoms with Crippen LogP contribution in [0.3, 0.4) is 0 Å². The fourth-order valence-corrected chi connectivity index (χ4v) is 4.55. The van der Waals surface area contributed by atoms with Crippen molar-refractivity contribution in [3.8, 4) is 0 Å². The summed E-state index contributed by atoms with van der Waals surface area (Å²) in [7, 11) is 0. The maximum Gasteiger partial charge on any atom is 0.269 e. The summed E-state index contributed by atoms with van der Waals surface area (Å²) in [5.41, 5.74) is 5.16. The number of piperazine rings is 1. The Bertz CT molecular complexity index is 936. The molecule has 1 aliphatic heterocycles. The molecular formula is C24H30N4O3. The van der Waals surface area contributed by atoms with E-state index in [4.69, 9.17) is 0 Å². The van der Waals surface area contributed by atoms with E-state index in [1.807, 2.05) is 0 Å². The van der Waals surface area contributed by atoms with Gasteiger partial charge in [0.05, 0.1) is 17.5 Å². The van der Waals surface area contributed by atoms with E-state index in [0.717, 1.165) is 38.3 Å². The third-order valence-electron chi connectivity index (χ3n) is 6.42. The molecule has 0 bridgehead atoms. The van der Waals surface area contributed by atoms with Crippen LogP contribution in [0.25, 0.3) is 0 Å². The Morgan fingerprint density at radius 1 is 1.03 bits per heavy atom. The number of nitrogens with one attached hydrogen (secondary N) is 1. The first-order valence-electron chi connectivity index (χ1n) is 11.1. The Hall–Kier alpha value is -2.93. The summed E-state index contributed by atoms with van der Waals surface area (Å²) in [6.07, 6.45) is 4.84. The number of aryl methyl sites for hydroxylation is 2. The zero-order valence-corrected chi connectivity index (χ0v) is 18.0. The number of nitrogens with zero attached hydrogens (tertiary/aromatic N) is 3. The van der Waals surface area contributed by atoms with Crippen LogP contribution in [-0.4, -0.2) is 48.5 Å². The van der Waals surface area contributed by atoms with E-state index in [-0.39, 0.29) is 22.6 Å². The normalized spacial score (nSPS) is 17.6. The van der Waals surface area contributed by atoms with Crippen molar-refractivity contribution in [2.75, 3.05) is 37.6 Å². The number of non-ortho nitro benzene ring substituents is 1. The van der Waals surface area contributed by atoms with Crippen LogP contribution in [0.2, 0.25) is 0 Å². The number of rotatable bonds is 6. The minimum absolute atomic E-state index is 0.00104. The summed E-state index contributed by atoms with van der Waals surface area (Å²) in [5, 5.41) is 14.0. The predicted molar refractivity (Wildman–Crippen MR) is 121 cm³/mol. The van der Waals surface area contributed by atoms with Crippen molar-refractivity contribution >= 4 is 17.3 Å². The molecule has 0 radical (unpaired) electrons. The molecule has 31 heavy (non-hydrogen) atoms. The van der Waals surface area contributed by atoms with Crippen LogP contribution in [0.5, 0.6) is 0 Å². The smallest absolute Gasteiger partial charge is 0.269 e. The van der Waals surface area contributed by atoms with Gasteiger partial charge in [-0.1, -0.05) is 18.2 Å². The molecule has 2 aliphatic rings. The van der Waals surface area contributed by atoms with Gasteiger partial charge in [-0.3, -0.25) is 19.8 Å². The van der Waals surface area contributed by atoms with E-state index in [1.165, 1.54) is 48.1 Å². The standard InChI is InChI=1S/C24H30N4O3/c1-18(20-7-6-19-4-2-3-5-21(19)16-20)25-24(29)17-26-12-14-27(15-13-26)22-8-10-23(11-9-22)28(30)31/h6-11,16,18H,2-5,12-15,17H2,1H3,(H,25,29)/t18-/m0/s1. The number of nitro groups is 1. The number of nitro benzene ring substituents is 1. The summed E-state index contributed by atoms with van der Waals surface area (Å²) in [4.78, 5) is 27.4. The lowest BCUT2D eigenvalue weighted by molar-refractivity contribution is -0.384. The Morgan fingerprint density at radius 2 is 1.71 bits per heavy atom. The van der Waals surface area contributed by atoms with E-state index < -0.39 is 0 Å². The van der Waals surface area contributed by atoms with Crippen LogP contribution in [0.1, 0.15) is 42.5 Å². The predicted octanol–water partition coefficient (Wildman–Crippen LogP) is 3.47. The Morgan fingerprint density at radius 3 is 2.39 bits per heavy atom. The fourth-order valence-electron chi connectivity index (χ4n) is 4.55. The van der Waals surface area contributed by atoms with Gasteiger partial charge in [0, 0.05) is 44.0 Å². The lowest BCUT2D eigenvalue weighted by Gasteiger charge is -2.35. The molecule has 2 aromatic carbocycles. The quantitative estimate of drug-likeness (QED) is 0.570. The minimum atomic E-state index is -0.383. The molecule has 4 rings (SSSR count). The van der Waals surface area contributed by atoms with Gasteiger partial charge < -0.3 is 10.2 Å². The topological polar surface area (TPSA) is 78.7 Å². The molecular weight excluding hydrogens is 392 g/mol. The zero-order chi connectivity index (χ0) is 21.8. The average molecular weight is 423 g/mol. The second-order valence-corrected chi connectivity index (χ2v) is 8.56. The number of carbonyl (C=O) groups is 1. The lowest BCUT2D eigenvalue weighted by atomic mass is 9.89. The molecule has 0 aromatic heterocycles. The van der Waals surface area contributed by atoms with Crippen molar-refractivity contribution in [3.05, 3.63) is 69.3 Å². The Labute approximate surface area is 183 Å². The molecule has 7 nitrogen and oxygen atoms in total. The SMILES string of the molecule is C[C@H](NC(=O)CN1CCN(c2ccc([N+](=O)[O-])cc2)CC1)c1ccc2c(c1)CCCC2. The van der Waals surface area contributed by atoms with Gasteiger partial charge in [0.2, 0.25) is 5.91 Å². The number of benzene rings is 2. The molecule has 1 amide bonds. The minimum Gasteiger partial charge on any atom is -0.369 e. The second kappa shape index (κ2) is 9.47. The summed E-state index contributed by atoms with van der Waals surface area (Å²) >= 11 is 0. The van der Waals surface area contributed by atoms with Gasteiger partial charge in [0.15, 0.2) is 0 Å². The molecule has 1 saturated heterocycles. The van der Waals surface area contributed by atoms with Crippen LogP contribution in [0, 0.1) is 10.1 Å². The third kappa shape index (κ3) is 5.22. The summed E-state index contributed by atoms with van der Waals surface area (Å²) < 4.78 is 0. The largest absolute Gasteiger partial charge is 0.369 e. The summed E-state index contributed by atoms with van der Waals surface area (Å²) in [6.45, 7) is 5.62. The highest BCUT2D eigenvalue weighted by atomic mass is 16.6. The first kappa shape index (κ1) is 21.3. The lowest BCUT2D eigenvalue weighted by Crippen LogP contribution is -2.49. The molecule has 7 heteroatoms. The highest BCUT2D eigenvalue weighted by Gasteiger charge is 2.21. The van der Waals surface area contributed by atoms with Crippen LogP contribution in [0.4, 0.5) is 11.4 Å². The van der Waals surface area contributed by atoms with Gasteiger partial charge in [-0.15, -0.1) is 0 Å². The maximum atomic E-state index is 12.6. The first-order valence-corrected chi connectivity index (χ1v) is 11.1. The van der Waals surface area contributed by atoms with Gasteiger partial charge in [-0.05, 0) is 61.4 Å². The second-order valence-electron chi connectivity index (χ2n) is 8.56. The van der Waals surface area contributed by atoms with Crippen LogP contribution in [0.15, 0.2) is 42.5 Å².